The minimum atomic E-state index is -0.235. The van der Waals surface area contributed by atoms with Gasteiger partial charge in [0.15, 0.2) is 0 Å². The van der Waals surface area contributed by atoms with Crippen molar-refractivity contribution >= 4 is 15.9 Å². The molecule has 0 aliphatic carbocycles. The molecule has 2 rings (SSSR count). The first kappa shape index (κ1) is 15.0. The van der Waals surface area contributed by atoms with Crippen molar-refractivity contribution < 1.29 is 9.13 Å². The van der Waals surface area contributed by atoms with Crippen LogP contribution in [0.25, 0.3) is 0 Å². The van der Waals surface area contributed by atoms with E-state index >= 15 is 0 Å². The summed E-state index contributed by atoms with van der Waals surface area (Å²) in [5.74, 6) is 0.538. The lowest BCUT2D eigenvalue weighted by molar-refractivity contribution is 0.404. The summed E-state index contributed by atoms with van der Waals surface area (Å²) >= 11 is 3.43. The van der Waals surface area contributed by atoms with E-state index in [0.717, 1.165) is 27.9 Å². The fraction of sp³-hybridized carbons (Fsp3) is 0.250. The van der Waals surface area contributed by atoms with Crippen LogP contribution in [0.1, 0.15) is 24.1 Å². The summed E-state index contributed by atoms with van der Waals surface area (Å²) in [7, 11) is 1.64. The van der Waals surface area contributed by atoms with Gasteiger partial charge in [-0.05, 0) is 36.4 Å². The zero-order valence-corrected chi connectivity index (χ0v) is 13.1. The van der Waals surface area contributed by atoms with Crippen LogP contribution >= 0.6 is 15.9 Å². The van der Waals surface area contributed by atoms with Crippen LogP contribution in [0, 0.1) is 5.82 Å². The van der Waals surface area contributed by atoms with Gasteiger partial charge >= 0.3 is 0 Å². The second-order valence-electron chi connectivity index (χ2n) is 4.43. The molecule has 0 fully saturated rings. The molecule has 1 atom stereocenters. The smallest absolute Gasteiger partial charge is 0.125 e. The largest absolute Gasteiger partial charge is 0.496 e. The molecule has 2 nitrogen and oxygen atoms in total. The van der Waals surface area contributed by atoms with Gasteiger partial charge in [-0.3, -0.25) is 0 Å². The summed E-state index contributed by atoms with van der Waals surface area (Å²) in [5, 5.41) is 3.37. The Morgan fingerprint density at radius 3 is 2.70 bits per heavy atom. The number of hydrogen-bond donors (Lipinski definition) is 1. The number of rotatable bonds is 5. The van der Waals surface area contributed by atoms with E-state index in [0.29, 0.717) is 0 Å². The van der Waals surface area contributed by atoms with Crippen molar-refractivity contribution in [2.75, 3.05) is 13.7 Å². The van der Waals surface area contributed by atoms with Crippen molar-refractivity contribution in [2.24, 2.45) is 0 Å². The summed E-state index contributed by atoms with van der Waals surface area (Å²) in [6.07, 6.45) is 0. The number of methoxy groups -OCH3 is 1. The molecule has 106 valence electrons. The lowest BCUT2D eigenvalue weighted by Gasteiger charge is -2.21. The normalized spacial score (nSPS) is 12.2. The van der Waals surface area contributed by atoms with Crippen LogP contribution in [0.2, 0.25) is 0 Å². The molecule has 2 aromatic carbocycles. The highest BCUT2D eigenvalue weighted by molar-refractivity contribution is 9.10. The predicted octanol–water partition coefficient (Wildman–Crippen LogP) is 4.30. The molecule has 2 aromatic rings. The fourth-order valence-corrected chi connectivity index (χ4v) is 2.56. The number of ether oxygens (including phenoxy) is 1. The van der Waals surface area contributed by atoms with E-state index in [1.165, 1.54) is 6.07 Å². The van der Waals surface area contributed by atoms with Crippen molar-refractivity contribution in [3.63, 3.8) is 0 Å². The molecular formula is C16H17BrFNO. The third-order valence-electron chi connectivity index (χ3n) is 3.10. The highest BCUT2D eigenvalue weighted by Gasteiger charge is 2.18. The second-order valence-corrected chi connectivity index (χ2v) is 5.35. The lowest BCUT2D eigenvalue weighted by Crippen LogP contribution is -2.22. The molecule has 0 spiro atoms. The first-order valence-electron chi connectivity index (χ1n) is 6.48. The van der Waals surface area contributed by atoms with Gasteiger partial charge in [-0.25, -0.2) is 4.39 Å². The van der Waals surface area contributed by atoms with Crippen LogP contribution in [0.15, 0.2) is 46.9 Å². The van der Waals surface area contributed by atoms with Gasteiger partial charge in [-0.1, -0.05) is 41.1 Å². The highest BCUT2D eigenvalue weighted by atomic mass is 79.9. The Morgan fingerprint density at radius 1 is 1.25 bits per heavy atom. The summed E-state index contributed by atoms with van der Waals surface area (Å²) in [5.41, 5.74) is 1.87. The van der Waals surface area contributed by atoms with Crippen LogP contribution in [-0.4, -0.2) is 13.7 Å². The molecule has 0 aliphatic rings. The van der Waals surface area contributed by atoms with Gasteiger partial charge in [0.1, 0.15) is 11.6 Å². The molecule has 0 amide bonds. The van der Waals surface area contributed by atoms with Crippen LogP contribution in [0.5, 0.6) is 5.75 Å². The van der Waals surface area contributed by atoms with Crippen LogP contribution in [-0.2, 0) is 0 Å². The maximum atomic E-state index is 13.5. The maximum absolute atomic E-state index is 13.5. The average Bonchev–Trinajstić information content (AvgIpc) is 2.45. The molecule has 0 aliphatic heterocycles. The number of benzene rings is 2. The molecule has 4 heteroatoms. The molecule has 0 bridgehead atoms. The standard InChI is InChI=1S/C16H17BrFNO/c1-3-19-16(11-5-4-6-13(18)9-11)14-8-7-12(17)10-15(14)20-2/h4-10,16,19H,3H2,1-2H3. The van der Waals surface area contributed by atoms with E-state index in [4.69, 9.17) is 4.74 Å². The van der Waals surface area contributed by atoms with Crippen molar-refractivity contribution in [2.45, 2.75) is 13.0 Å². The van der Waals surface area contributed by atoms with E-state index in [1.54, 1.807) is 19.2 Å². The summed E-state index contributed by atoms with van der Waals surface area (Å²) in [6.45, 7) is 2.80. The van der Waals surface area contributed by atoms with Crippen molar-refractivity contribution in [3.05, 3.63) is 63.9 Å². The van der Waals surface area contributed by atoms with Gasteiger partial charge in [0.05, 0.1) is 13.2 Å². The van der Waals surface area contributed by atoms with Gasteiger partial charge in [0.25, 0.3) is 0 Å². The Balaban J connectivity index is 2.48. The summed E-state index contributed by atoms with van der Waals surface area (Å²) in [6, 6.07) is 12.4. The summed E-state index contributed by atoms with van der Waals surface area (Å²) < 4.78 is 19.9. The third-order valence-corrected chi connectivity index (χ3v) is 3.59. The van der Waals surface area contributed by atoms with Crippen LogP contribution in [0.4, 0.5) is 4.39 Å². The Bertz CT molecular complexity index is 588. The Morgan fingerprint density at radius 2 is 2.05 bits per heavy atom. The number of hydrogen-bond acceptors (Lipinski definition) is 2. The molecule has 1 unspecified atom stereocenters. The van der Waals surface area contributed by atoms with Gasteiger partial charge in [0, 0.05) is 10.0 Å². The Kier molecular flexibility index (Phi) is 5.15. The van der Waals surface area contributed by atoms with Gasteiger partial charge < -0.3 is 10.1 Å². The van der Waals surface area contributed by atoms with Gasteiger partial charge in [-0.2, -0.15) is 0 Å². The zero-order valence-electron chi connectivity index (χ0n) is 11.5. The Labute approximate surface area is 127 Å². The SMILES string of the molecule is CCNC(c1cccc(F)c1)c1ccc(Br)cc1OC. The van der Waals surface area contributed by atoms with Gasteiger partial charge in [-0.15, -0.1) is 0 Å². The first-order valence-corrected chi connectivity index (χ1v) is 7.27. The lowest BCUT2D eigenvalue weighted by atomic mass is 9.97. The van der Waals surface area contributed by atoms with Crippen molar-refractivity contribution in [1.82, 2.24) is 5.32 Å². The topological polar surface area (TPSA) is 21.3 Å². The molecule has 0 heterocycles. The molecular weight excluding hydrogens is 321 g/mol. The third kappa shape index (κ3) is 3.38. The van der Waals surface area contributed by atoms with Crippen molar-refractivity contribution in [3.8, 4) is 5.75 Å². The molecule has 0 aromatic heterocycles. The van der Waals surface area contributed by atoms with Crippen LogP contribution < -0.4 is 10.1 Å². The number of nitrogens with one attached hydrogen (secondary N) is 1. The predicted molar refractivity (Wildman–Crippen MR) is 82.6 cm³/mol. The van der Waals surface area contributed by atoms with E-state index in [1.807, 2.05) is 31.2 Å². The van der Waals surface area contributed by atoms with E-state index < -0.39 is 0 Å². The first-order chi connectivity index (χ1) is 9.65. The molecule has 0 saturated heterocycles. The molecule has 1 N–H and O–H groups in total. The zero-order chi connectivity index (χ0) is 14.5. The second kappa shape index (κ2) is 6.86. The van der Waals surface area contributed by atoms with E-state index in [-0.39, 0.29) is 11.9 Å². The number of halogens is 2. The molecule has 20 heavy (non-hydrogen) atoms. The monoisotopic (exact) mass is 337 g/mol. The highest BCUT2D eigenvalue weighted by Crippen LogP contribution is 2.32. The quantitative estimate of drug-likeness (QED) is 0.878. The van der Waals surface area contributed by atoms with E-state index in [9.17, 15) is 4.39 Å². The molecule has 0 saturated carbocycles. The van der Waals surface area contributed by atoms with Crippen molar-refractivity contribution in [1.29, 1.82) is 0 Å². The van der Waals surface area contributed by atoms with Crippen LogP contribution in [0.3, 0.4) is 0 Å². The molecule has 0 radical (unpaired) electrons. The fourth-order valence-electron chi connectivity index (χ4n) is 2.22. The van der Waals surface area contributed by atoms with E-state index in [2.05, 4.69) is 21.2 Å². The van der Waals surface area contributed by atoms with Gasteiger partial charge in [0.2, 0.25) is 0 Å². The minimum absolute atomic E-state index is 0.0984. The Hall–Kier alpha value is -1.39. The summed E-state index contributed by atoms with van der Waals surface area (Å²) in [4.78, 5) is 0. The maximum Gasteiger partial charge on any atom is 0.125 e. The minimum Gasteiger partial charge on any atom is -0.496 e. The average molecular weight is 338 g/mol.